The van der Waals surface area contributed by atoms with E-state index < -0.39 is 18.0 Å². The number of carboxylic acids is 1. The number of carbonyl (C=O) groups is 2. The first-order valence-electron chi connectivity index (χ1n) is 6.00. The lowest BCUT2D eigenvalue weighted by atomic mass is 9.99. The molecule has 0 aromatic heterocycles. The number of anilines is 1. The number of carbonyl (C=O) groups excluding carboxylic acids is 1. The molecule has 0 bridgehead atoms. The number of aliphatic carboxylic acids is 1. The van der Waals surface area contributed by atoms with Crippen LogP contribution in [-0.4, -0.2) is 23.1 Å². The lowest BCUT2D eigenvalue weighted by Crippen LogP contribution is -2.46. The third kappa shape index (κ3) is 4.90. The first kappa shape index (κ1) is 15.5. The largest absolute Gasteiger partial charge is 0.480 e. The van der Waals surface area contributed by atoms with Gasteiger partial charge in [-0.25, -0.2) is 9.59 Å². The Hall–Kier alpha value is -1.56. The zero-order chi connectivity index (χ0) is 14.4. The topological polar surface area (TPSA) is 78.4 Å². The molecule has 1 rings (SSSR count). The van der Waals surface area contributed by atoms with Crippen LogP contribution in [0.25, 0.3) is 0 Å². The van der Waals surface area contributed by atoms with Gasteiger partial charge in [0.05, 0.1) is 0 Å². The van der Waals surface area contributed by atoms with Crippen LogP contribution in [0.3, 0.4) is 0 Å². The molecule has 0 heterocycles. The number of nitrogens with one attached hydrogen (secondary N) is 2. The Labute approximate surface area is 120 Å². The molecular formula is C13H17BrN2O3. The fourth-order valence-corrected chi connectivity index (χ4v) is 1.79. The fraction of sp³-hybridized carbons (Fsp3) is 0.385. The average molecular weight is 329 g/mol. The highest BCUT2D eigenvalue weighted by Gasteiger charge is 2.25. The van der Waals surface area contributed by atoms with Gasteiger partial charge in [-0.05, 0) is 30.2 Å². The maximum atomic E-state index is 11.7. The zero-order valence-corrected chi connectivity index (χ0v) is 12.4. The van der Waals surface area contributed by atoms with Crippen LogP contribution in [-0.2, 0) is 4.79 Å². The van der Waals surface area contributed by atoms with Crippen molar-refractivity contribution in [2.24, 2.45) is 5.92 Å². The highest BCUT2D eigenvalue weighted by atomic mass is 79.9. The highest BCUT2D eigenvalue weighted by Crippen LogP contribution is 2.14. The number of carboxylic acid groups (broad SMARTS) is 1. The Morgan fingerprint density at radius 3 is 2.37 bits per heavy atom. The van der Waals surface area contributed by atoms with Crippen molar-refractivity contribution in [1.82, 2.24) is 5.32 Å². The summed E-state index contributed by atoms with van der Waals surface area (Å²) in [6.45, 7) is 3.67. The van der Waals surface area contributed by atoms with Crippen molar-refractivity contribution < 1.29 is 14.7 Å². The van der Waals surface area contributed by atoms with E-state index in [4.69, 9.17) is 5.11 Å². The van der Waals surface area contributed by atoms with Gasteiger partial charge in [0.25, 0.3) is 0 Å². The monoisotopic (exact) mass is 328 g/mol. The van der Waals surface area contributed by atoms with Gasteiger partial charge in [-0.15, -0.1) is 0 Å². The minimum atomic E-state index is -1.03. The Bertz CT molecular complexity index is 448. The quantitative estimate of drug-likeness (QED) is 0.777. The predicted molar refractivity (Wildman–Crippen MR) is 77.2 cm³/mol. The van der Waals surface area contributed by atoms with Crippen LogP contribution in [0.4, 0.5) is 10.5 Å². The summed E-state index contributed by atoms with van der Waals surface area (Å²) in [7, 11) is 0. The molecule has 0 saturated heterocycles. The second kappa shape index (κ2) is 7.13. The lowest BCUT2D eigenvalue weighted by Gasteiger charge is -2.20. The van der Waals surface area contributed by atoms with E-state index in [1.165, 1.54) is 0 Å². The molecule has 0 aliphatic heterocycles. The predicted octanol–water partition coefficient (Wildman–Crippen LogP) is 3.07. The molecule has 1 aromatic rings. The van der Waals surface area contributed by atoms with E-state index in [0.29, 0.717) is 12.1 Å². The van der Waals surface area contributed by atoms with Crippen molar-refractivity contribution >= 4 is 33.6 Å². The number of amides is 2. The molecule has 0 unspecified atom stereocenters. The van der Waals surface area contributed by atoms with Crippen LogP contribution < -0.4 is 10.6 Å². The fourth-order valence-electron chi connectivity index (χ4n) is 1.52. The van der Waals surface area contributed by atoms with Gasteiger partial charge in [-0.1, -0.05) is 36.2 Å². The number of rotatable bonds is 5. The summed E-state index contributed by atoms with van der Waals surface area (Å²) in [4.78, 5) is 22.8. The van der Waals surface area contributed by atoms with Gasteiger partial charge in [0.1, 0.15) is 6.04 Å². The first-order chi connectivity index (χ1) is 8.93. The van der Waals surface area contributed by atoms with Crippen molar-refractivity contribution in [2.75, 3.05) is 5.32 Å². The minimum absolute atomic E-state index is 0.131. The van der Waals surface area contributed by atoms with Crippen LogP contribution in [0.1, 0.15) is 20.3 Å². The van der Waals surface area contributed by atoms with Crippen molar-refractivity contribution in [3.05, 3.63) is 28.7 Å². The van der Waals surface area contributed by atoms with Gasteiger partial charge in [0, 0.05) is 10.2 Å². The Kier molecular flexibility index (Phi) is 5.82. The number of hydrogen-bond donors (Lipinski definition) is 3. The van der Waals surface area contributed by atoms with Gasteiger partial charge in [-0.2, -0.15) is 0 Å². The molecule has 0 aliphatic rings. The molecule has 2 atom stereocenters. The molecule has 2 amide bonds. The molecule has 3 N–H and O–H groups in total. The molecule has 1 aromatic carbocycles. The summed E-state index contributed by atoms with van der Waals surface area (Å²) < 4.78 is 0.904. The normalized spacial score (nSPS) is 13.4. The molecular weight excluding hydrogens is 312 g/mol. The summed E-state index contributed by atoms with van der Waals surface area (Å²) in [5.41, 5.74) is 0.606. The van der Waals surface area contributed by atoms with Gasteiger partial charge in [-0.3, -0.25) is 0 Å². The minimum Gasteiger partial charge on any atom is -0.480 e. The van der Waals surface area contributed by atoms with E-state index in [1.54, 1.807) is 31.2 Å². The maximum Gasteiger partial charge on any atom is 0.326 e. The summed E-state index contributed by atoms with van der Waals surface area (Å²) in [6, 6.07) is 5.62. The molecule has 6 heteroatoms. The van der Waals surface area contributed by atoms with Crippen LogP contribution in [0.15, 0.2) is 28.7 Å². The summed E-state index contributed by atoms with van der Waals surface area (Å²) >= 11 is 3.29. The molecule has 0 saturated carbocycles. The first-order valence-corrected chi connectivity index (χ1v) is 6.79. The van der Waals surface area contributed by atoms with Crippen molar-refractivity contribution in [3.8, 4) is 0 Å². The summed E-state index contributed by atoms with van der Waals surface area (Å²) in [6.07, 6.45) is 0.676. The van der Waals surface area contributed by atoms with Crippen molar-refractivity contribution in [1.29, 1.82) is 0 Å². The summed E-state index contributed by atoms with van der Waals surface area (Å²) in [5, 5.41) is 14.1. The third-order valence-corrected chi connectivity index (χ3v) is 3.40. The lowest BCUT2D eigenvalue weighted by molar-refractivity contribution is -0.140. The van der Waals surface area contributed by atoms with E-state index in [-0.39, 0.29) is 5.92 Å². The van der Waals surface area contributed by atoms with Crippen molar-refractivity contribution in [3.63, 3.8) is 0 Å². The maximum absolute atomic E-state index is 11.7. The number of halogens is 1. The van der Waals surface area contributed by atoms with Gasteiger partial charge in [0.15, 0.2) is 0 Å². The van der Waals surface area contributed by atoms with Gasteiger partial charge >= 0.3 is 12.0 Å². The number of urea groups is 1. The highest BCUT2D eigenvalue weighted by molar-refractivity contribution is 9.10. The van der Waals surface area contributed by atoms with Gasteiger partial charge < -0.3 is 15.7 Å². The second-order valence-corrected chi connectivity index (χ2v) is 5.22. The molecule has 0 aliphatic carbocycles. The molecule has 5 nitrogen and oxygen atoms in total. The molecule has 19 heavy (non-hydrogen) atoms. The second-order valence-electron chi connectivity index (χ2n) is 4.31. The van der Waals surface area contributed by atoms with Gasteiger partial charge in [0.2, 0.25) is 0 Å². The van der Waals surface area contributed by atoms with E-state index in [2.05, 4.69) is 26.6 Å². The Balaban J connectivity index is 2.62. The Morgan fingerprint density at radius 2 is 1.89 bits per heavy atom. The van der Waals surface area contributed by atoms with E-state index in [1.807, 2.05) is 6.92 Å². The average Bonchev–Trinajstić information content (AvgIpc) is 2.37. The molecule has 0 fully saturated rings. The Morgan fingerprint density at radius 1 is 1.32 bits per heavy atom. The van der Waals surface area contributed by atoms with Crippen molar-refractivity contribution in [2.45, 2.75) is 26.3 Å². The zero-order valence-electron chi connectivity index (χ0n) is 10.8. The molecule has 104 valence electrons. The molecule has 0 radical (unpaired) electrons. The van der Waals surface area contributed by atoms with Crippen LogP contribution in [0.5, 0.6) is 0 Å². The van der Waals surface area contributed by atoms with Crippen LogP contribution in [0, 0.1) is 5.92 Å². The smallest absolute Gasteiger partial charge is 0.326 e. The van der Waals surface area contributed by atoms with E-state index >= 15 is 0 Å². The number of hydrogen-bond acceptors (Lipinski definition) is 2. The van der Waals surface area contributed by atoms with Crippen LogP contribution >= 0.6 is 15.9 Å². The number of benzene rings is 1. The summed E-state index contributed by atoms with van der Waals surface area (Å²) in [5.74, 6) is -1.16. The molecule has 0 spiro atoms. The SMILES string of the molecule is CC[C@H](C)[C@@H](NC(=O)Nc1ccc(Br)cc1)C(=O)O. The standard InChI is InChI=1S/C13H17BrN2O3/c1-3-8(2)11(12(17)18)16-13(19)15-10-6-4-9(14)5-7-10/h4-8,11H,3H2,1-2H3,(H,17,18)(H2,15,16,19)/t8-,11+/m0/s1. The van der Waals surface area contributed by atoms with E-state index in [9.17, 15) is 9.59 Å². The third-order valence-electron chi connectivity index (χ3n) is 2.87. The van der Waals surface area contributed by atoms with E-state index in [0.717, 1.165) is 4.47 Å². The van der Waals surface area contributed by atoms with Crippen LogP contribution in [0.2, 0.25) is 0 Å².